The first-order chi connectivity index (χ1) is 16.8. The van der Waals surface area contributed by atoms with Crippen LogP contribution < -0.4 is 0 Å². The minimum absolute atomic E-state index is 0.118. The van der Waals surface area contributed by atoms with Gasteiger partial charge in [-0.05, 0) is 67.3 Å². The zero-order valence-electron chi connectivity index (χ0n) is 20.1. The quantitative estimate of drug-likeness (QED) is 0.296. The fraction of sp³-hybridized carbons (Fsp3) is 0.357. The first kappa shape index (κ1) is 23.6. The summed E-state index contributed by atoms with van der Waals surface area (Å²) in [6, 6.07) is 17.3. The molecule has 0 spiro atoms. The van der Waals surface area contributed by atoms with E-state index in [-0.39, 0.29) is 35.5 Å². The van der Waals surface area contributed by atoms with Gasteiger partial charge in [0.1, 0.15) is 5.75 Å². The van der Waals surface area contributed by atoms with Gasteiger partial charge in [0.05, 0.1) is 17.9 Å². The van der Waals surface area contributed by atoms with Crippen molar-refractivity contribution >= 4 is 30.6 Å². The van der Waals surface area contributed by atoms with E-state index in [9.17, 15) is 19.7 Å². The van der Waals surface area contributed by atoms with E-state index in [1.165, 1.54) is 4.90 Å². The lowest BCUT2D eigenvalue weighted by molar-refractivity contribution is -0.138. The number of amides is 2. The highest BCUT2D eigenvalue weighted by Crippen LogP contribution is 2.50. The van der Waals surface area contributed by atoms with E-state index in [1.807, 2.05) is 55.5 Å². The van der Waals surface area contributed by atoms with Crippen LogP contribution >= 0.6 is 0 Å². The molecular weight excluding hydrogens is 441 g/mol. The van der Waals surface area contributed by atoms with Crippen molar-refractivity contribution in [2.24, 2.45) is 17.8 Å². The smallest absolute Gasteiger partial charge is 0.455 e. The van der Waals surface area contributed by atoms with Gasteiger partial charge in [0.25, 0.3) is 0 Å². The van der Waals surface area contributed by atoms with Gasteiger partial charge < -0.3 is 14.8 Å². The van der Waals surface area contributed by atoms with Crippen LogP contribution in [0.25, 0.3) is 11.6 Å². The number of nitrogens with zero attached hydrogens (tertiary/aromatic N) is 1. The lowest BCUT2D eigenvalue weighted by Gasteiger charge is -2.42. The highest BCUT2D eigenvalue weighted by Gasteiger charge is 2.55. The first-order valence-corrected chi connectivity index (χ1v) is 12.2. The third-order valence-corrected chi connectivity index (χ3v) is 7.76. The number of carbonyl (C=O) groups excluding carboxylic acids is 2. The molecule has 0 unspecified atom stereocenters. The van der Waals surface area contributed by atoms with Gasteiger partial charge in [0, 0.05) is 12.6 Å². The Morgan fingerprint density at radius 1 is 1.09 bits per heavy atom. The van der Waals surface area contributed by atoms with E-state index in [2.05, 4.69) is 0 Å². The van der Waals surface area contributed by atoms with Gasteiger partial charge >= 0.3 is 7.12 Å². The van der Waals surface area contributed by atoms with Crippen LogP contribution in [0, 0.1) is 17.8 Å². The Kier molecular flexibility index (Phi) is 6.38. The number of fused-ring (bicyclic) bond motifs is 3. The Morgan fingerprint density at radius 2 is 1.80 bits per heavy atom. The Labute approximate surface area is 206 Å². The molecule has 0 radical (unpaired) electrons. The molecule has 2 fully saturated rings. The molecule has 2 N–H and O–H groups in total. The van der Waals surface area contributed by atoms with Crippen LogP contribution in [-0.2, 0) is 14.2 Å². The number of imide groups is 1. The van der Waals surface area contributed by atoms with Gasteiger partial charge in [0.15, 0.2) is 0 Å². The molecule has 6 nitrogen and oxygen atoms in total. The van der Waals surface area contributed by atoms with Gasteiger partial charge in [-0.25, -0.2) is 0 Å². The van der Waals surface area contributed by atoms with Crippen molar-refractivity contribution in [1.29, 1.82) is 0 Å². The molecule has 35 heavy (non-hydrogen) atoms. The third-order valence-electron chi connectivity index (χ3n) is 7.76. The summed E-state index contributed by atoms with van der Waals surface area (Å²) in [5.74, 6) is -0.993. The number of para-hydroxylation sites is 1. The summed E-state index contributed by atoms with van der Waals surface area (Å²) in [4.78, 5) is 26.9. The molecule has 2 aliphatic heterocycles. The summed E-state index contributed by atoms with van der Waals surface area (Å²) in [6.07, 6.45) is 3.81. The number of carbonyl (C=O) groups is 2. The molecule has 2 heterocycles. The van der Waals surface area contributed by atoms with E-state index < -0.39 is 13.0 Å². The summed E-state index contributed by atoms with van der Waals surface area (Å²) in [6.45, 7) is 2.03. The van der Waals surface area contributed by atoms with E-state index in [0.717, 1.165) is 27.8 Å². The molecule has 2 aromatic rings. The maximum Gasteiger partial charge on any atom is 0.455 e. The van der Waals surface area contributed by atoms with Crippen LogP contribution in [0.2, 0.25) is 6.32 Å². The number of likely N-dealkylation sites (tertiary alicyclic amines) is 1. The molecule has 1 aliphatic carbocycles. The predicted molar refractivity (Wildman–Crippen MR) is 135 cm³/mol. The second-order valence-corrected chi connectivity index (χ2v) is 9.86. The van der Waals surface area contributed by atoms with Gasteiger partial charge in [-0.1, -0.05) is 54.1 Å². The van der Waals surface area contributed by atoms with Crippen molar-refractivity contribution in [3.8, 4) is 5.75 Å². The number of aromatic hydroxyl groups is 1. The van der Waals surface area contributed by atoms with Crippen molar-refractivity contribution < 1.29 is 24.4 Å². The molecule has 0 saturated carbocycles. The minimum Gasteiger partial charge on any atom is -0.507 e. The number of hydrogen-bond donors (Lipinski definition) is 2. The minimum atomic E-state index is -0.976. The van der Waals surface area contributed by atoms with E-state index in [1.54, 1.807) is 19.2 Å². The SMILES string of the molecule is CC1=C2[C@@H](CC/C(=C/c3ccccc3O)c3ccccc3)OB(O)C[C@@H]2[C@@H]2C(=O)N(C)C(=O)[C@@H]2C1. The second-order valence-electron chi connectivity index (χ2n) is 9.86. The van der Waals surface area contributed by atoms with E-state index in [4.69, 9.17) is 4.65 Å². The lowest BCUT2D eigenvalue weighted by atomic mass is 9.58. The van der Waals surface area contributed by atoms with E-state index >= 15 is 0 Å². The second kappa shape index (κ2) is 9.48. The number of hydrogen-bond acceptors (Lipinski definition) is 5. The Hall–Kier alpha value is -3.16. The summed E-state index contributed by atoms with van der Waals surface area (Å²) in [5, 5.41) is 20.9. The van der Waals surface area contributed by atoms with Gasteiger partial charge in [-0.15, -0.1) is 0 Å². The summed E-state index contributed by atoms with van der Waals surface area (Å²) < 4.78 is 6.04. The molecule has 5 rings (SSSR count). The normalized spacial score (nSPS) is 26.8. The van der Waals surface area contributed by atoms with Gasteiger partial charge in [-0.3, -0.25) is 14.5 Å². The molecule has 180 valence electrons. The topological polar surface area (TPSA) is 87.1 Å². The molecule has 4 atom stereocenters. The molecule has 2 saturated heterocycles. The fourth-order valence-corrected chi connectivity index (χ4v) is 6.11. The van der Waals surface area contributed by atoms with Crippen molar-refractivity contribution in [3.05, 3.63) is 76.9 Å². The van der Waals surface area contributed by atoms with Crippen molar-refractivity contribution in [2.75, 3.05) is 7.05 Å². The largest absolute Gasteiger partial charge is 0.507 e. The fourth-order valence-electron chi connectivity index (χ4n) is 6.11. The van der Waals surface area contributed by atoms with Crippen molar-refractivity contribution in [3.63, 3.8) is 0 Å². The summed E-state index contributed by atoms with van der Waals surface area (Å²) in [5.41, 5.74) is 5.00. The average molecular weight is 471 g/mol. The monoisotopic (exact) mass is 471 g/mol. The molecular formula is C28H30BNO5. The zero-order chi connectivity index (χ0) is 24.7. The third kappa shape index (κ3) is 4.35. The lowest BCUT2D eigenvalue weighted by Crippen LogP contribution is -2.45. The van der Waals surface area contributed by atoms with Crippen LogP contribution in [-0.4, -0.2) is 47.1 Å². The zero-order valence-corrected chi connectivity index (χ0v) is 20.1. The van der Waals surface area contributed by atoms with Gasteiger partial charge in [0.2, 0.25) is 11.8 Å². The van der Waals surface area contributed by atoms with Gasteiger partial charge in [-0.2, -0.15) is 0 Å². The highest BCUT2D eigenvalue weighted by atomic mass is 16.5. The first-order valence-electron chi connectivity index (χ1n) is 12.2. The molecule has 2 amide bonds. The molecule has 7 heteroatoms. The Bertz CT molecular complexity index is 1210. The summed E-state index contributed by atoms with van der Waals surface area (Å²) >= 11 is 0. The van der Waals surface area contributed by atoms with Crippen LogP contribution in [0.3, 0.4) is 0 Å². The van der Waals surface area contributed by atoms with Crippen LogP contribution in [0.5, 0.6) is 5.75 Å². The molecule has 2 aromatic carbocycles. The average Bonchev–Trinajstić information content (AvgIpc) is 3.06. The van der Waals surface area contributed by atoms with Crippen LogP contribution in [0.15, 0.2) is 65.7 Å². The summed E-state index contributed by atoms with van der Waals surface area (Å²) in [7, 11) is 0.581. The predicted octanol–water partition coefficient (Wildman–Crippen LogP) is 4.16. The Morgan fingerprint density at radius 3 is 2.54 bits per heavy atom. The van der Waals surface area contributed by atoms with E-state index in [0.29, 0.717) is 25.6 Å². The maximum absolute atomic E-state index is 12.9. The molecule has 3 aliphatic rings. The number of phenols is 1. The molecule has 0 aromatic heterocycles. The van der Waals surface area contributed by atoms with Crippen molar-refractivity contribution in [1.82, 2.24) is 4.90 Å². The number of rotatable bonds is 5. The number of phenolic OH excluding ortho intramolecular Hbond substituents is 1. The number of benzene rings is 2. The van der Waals surface area contributed by atoms with Crippen molar-refractivity contribution in [2.45, 2.75) is 38.6 Å². The van der Waals surface area contributed by atoms with Crippen LogP contribution in [0.4, 0.5) is 0 Å². The standard InChI is InChI=1S/C28H30BNO5/c1-17-14-21-26(28(33)30(2)27(21)32)22-16-29(34)35-24(25(17)22)13-12-19(18-8-4-3-5-9-18)15-20-10-6-7-11-23(20)31/h3-11,15,21-22,24,26,31,34H,12-14,16H2,1-2H3/b19-15-/t21-,22+,24-,26-/m1/s1. The maximum atomic E-state index is 12.9. The number of allylic oxidation sites excluding steroid dienone is 2. The Balaban J connectivity index is 1.45. The highest BCUT2D eigenvalue weighted by molar-refractivity contribution is 6.43. The van der Waals surface area contributed by atoms with Crippen LogP contribution in [0.1, 0.15) is 37.3 Å². The molecule has 0 bridgehead atoms.